The van der Waals surface area contributed by atoms with E-state index in [2.05, 4.69) is 9.89 Å². The molecule has 0 spiro atoms. The highest BCUT2D eigenvalue weighted by Crippen LogP contribution is 2.30. The summed E-state index contributed by atoms with van der Waals surface area (Å²) in [5.41, 5.74) is 0.909. The number of hydrogen-bond donors (Lipinski definition) is 1. The monoisotopic (exact) mass is 278 g/mol. The molecule has 5 heteroatoms. The molecule has 1 aliphatic rings. The number of amidine groups is 1. The lowest BCUT2D eigenvalue weighted by Gasteiger charge is -2.27. The summed E-state index contributed by atoms with van der Waals surface area (Å²) in [7, 11) is 0. The lowest BCUT2D eigenvalue weighted by molar-refractivity contribution is -0.142. The van der Waals surface area contributed by atoms with Crippen molar-refractivity contribution < 1.29 is 9.90 Å². The number of aliphatic imine (C=N–C) groups is 1. The summed E-state index contributed by atoms with van der Waals surface area (Å²) >= 11 is 1.64. The smallest absolute Gasteiger partial charge is 0.308 e. The van der Waals surface area contributed by atoms with Crippen LogP contribution in [-0.2, 0) is 4.79 Å². The quantitative estimate of drug-likeness (QED) is 0.920. The number of benzene rings is 1. The van der Waals surface area contributed by atoms with Gasteiger partial charge in [0.25, 0.3) is 0 Å². The zero-order valence-electron chi connectivity index (χ0n) is 11.1. The molecule has 19 heavy (non-hydrogen) atoms. The van der Waals surface area contributed by atoms with Crippen molar-refractivity contribution in [2.24, 2.45) is 10.9 Å². The lowest BCUT2D eigenvalue weighted by Crippen LogP contribution is -2.41. The first-order chi connectivity index (χ1) is 9.13. The Morgan fingerprint density at radius 2 is 2.21 bits per heavy atom. The van der Waals surface area contributed by atoms with E-state index < -0.39 is 5.97 Å². The topological polar surface area (TPSA) is 52.9 Å². The molecule has 1 aliphatic heterocycles. The van der Waals surface area contributed by atoms with Gasteiger partial charge in [-0.1, -0.05) is 30.0 Å². The van der Waals surface area contributed by atoms with E-state index in [1.807, 2.05) is 37.3 Å². The molecule has 4 nitrogen and oxygen atoms in total. The van der Waals surface area contributed by atoms with Crippen molar-refractivity contribution in [3.05, 3.63) is 30.3 Å². The fourth-order valence-electron chi connectivity index (χ4n) is 2.13. The van der Waals surface area contributed by atoms with Crippen LogP contribution in [0, 0.1) is 5.92 Å². The van der Waals surface area contributed by atoms with Crippen LogP contribution < -0.4 is 0 Å². The standard InChI is InChI=1S/C14H18N2O2S/c1-3-16-12(10(2)13(17)18)9-19-14(16)15-11-7-5-4-6-8-11/h4-8,10,12H,3,9H2,1-2H3,(H,17,18). The van der Waals surface area contributed by atoms with Crippen molar-refractivity contribution in [3.8, 4) is 0 Å². The number of thioether (sulfide) groups is 1. The van der Waals surface area contributed by atoms with E-state index in [-0.39, 0.29) is 12.0 Å². The summed E-state index contributed by atoms with van der Waals surface area (Å²) in [5, 5.41) is 10.1. The summed E-state index contributed by atoms with van der Waals surface area (Å²) in [6.45, 7) is 4.58. The van der Waals surface area contributed by atoms with Crippen LogP contribution in [0.4, 0.5) is 5.69 Å². The van der Waals surface area contributed by atoms with Gasteiger partial charge in [0, 0.05) is 12.3 Å². The van der Waals surface area contributed by atoms with Gasteiger partial charge in [-0.15, -0.1) is 0 Å². The maximum atomic E-state index is 11.1. The predicted molar refractivity (Wildman–Crippen MR) is 79.0 cm³/mol. The molecule has 2 unspecified atom stereocenters. The van der Waals surface area contributed by atoms with E-state index in [0.29, 0.717) is 0 Å². The molecule has 2 rings (SSSR count). The van der Waals surface area contributed by atoms with E-state index in [4.69, 9.17) is 5.11 Å². The summed E-state index contributed by atoms with van der Waals surface area (Å²) in [4.78, 5) is 17.8. The molecule has 0 saturated carbocycles. The summed E-state index contributed by atoms with van der Waals surface area (Å²) < 4.78 is 0. The number of carbonyl (C=O) groups is 1. The molecule has 0 radical (unpaired) electrons. The third kappa shape index (κ3) is 3.10. The van der Waals surface area contributed by atoms with Crippen molar-refractivity contribution in [1.29, 1.82) is 0 Å². The van der Waals surface area contributed by atoms with Crippen molar-refractivity contribution in [2.45, 2.75) is 19.9 Å². The molecule has 1 aromatic rings. The molecule has 102 valence electrons. The Balaban J connectivity index is 2.20. The van der Waals surface area contributed by atoms with Crippen LogP contribution in [0.25, 0.3) is 0 Å². The van der Waals surface area contributed by atoms with E-state index >= 15 is 0 Å². The lowest BCUT2D eigenvalue weighted by atomic mass is 10.0. The first-order valence-electron chi connectivity index (χ1n) is 6.39. The number of para-hydroxylation sites is 1. The first-order valence-corrected chi connectivity index (χ1v) is 7.38. The van der Waals surface area contributed by atoms with Gasteiger partial charge in [-0.25, -0.2) is 4.99 Å². The molecular weight excluding hydrogens is 260 g/mol. The minimum Gasteiger partial charge on any atom is -0.481 e. The molecular formula is C14H18N2O2S. The number of hydrogen-bond acceptors (Lipinski definition) is 3. The van der Waals surface area contributed by atoms with Crippen LogP contribution in [0.1, 0.15) is 13.8 Å². The summed E-state index contributed by atoms with van der Waals surface area (Å²) in [6, 6.07) is 9.79. The van der Waals surface area contributed by atoms with Crippen LogP contribution in [0.3, 0.4) is 0 Å². The zero-order valence-corrected chi connectivity index (χ0v) is 11.9. The van der Waals surface area contributed by atoms with Gasteiger partial charge >= 0.3 is 5.97 Å². The van der Waals surface area contributed by atoms with E-state index in [1.54, 1.807) is 18.7 Å². The van der Waals surface area contributed by atoms with E-state index in [9.17, 15) is 4.79 Å². The Kier molecular flexibility index (Phi) is 4.47. The second kappa shape index (κ2) is 6.10. The van der Waals surface area contributed by atoms with Crippen LogP contribution in [0.5, 0.6) is 0 Å². The summed E-state index contributed by atoms with van der Waals surface area (Å²) in [6.07, 6.45) is 0. The Bertz CT molecular complexity index is 476. The minimum absolute atomic E-state index is 0.0231. The molecule has 1 fully saturated rings. The molecule has 0 aromatic heterocycles. The number of rotatable bonds is 4. The molecule has 0 aliphatic carbocycles. The largest absolute Gasteiger partial charge is 0.481 e. The van der Waals surface area contributed by atoms with E-state index in [0.717, 1.165) is 23.2 Å². The predicted octanol–water partition coefficient (Wildman–Crippen LogP) is 2.83. The second-order valence-electron chi connectivity index (χ2n) is 4.52. The van der Waals surface area contributed by atoms with Crippen LogP contribution in [0.2, 0.25) is 0 Å². The van der Waals surface area contributed by atoms with E-state index in [1.165, 1.54) is 0 Å². The van der Waals surface area contributed by atoms with Crippen molar-refractivity contribution in [1.82, 2.24) is 4.90 Å². The van der Waals surface area contributed by atoms with Crippen molar-refractivity contribution >= 4 is 28.6 Å². The first kappa shape index (κ1) is 13.9. The number of carboxylic acid groups (broad SMARTS) is 1. The normalized spacial score (nSPS) is 22.7. The van der Waals surface area contributed by atoms with Crippen molar-refractivity contribution in [3.63, 3.8) is 0 Å². The van der Waals surface area contributed by atoms with Crippen LogP contribution in [-0.4, -0.2) is 39.5 Å². The van der Waals surface area contributed by atoms with Crippen LogP contribution >= 0.6 is 11.8 Å². The zero-order chi connectivity index (χ0) is 13.8. The SMILES string of the molecule is CCN1C(=Nc2ccccc2)SCC1C(C)C(=O)O. The molecule has 0 amide bonds. The highest BCUT2D eigenvalue weighted by molar-refractivity contribution is 8.14. The fourth-order valence-corrected chi connectivity index (χ4v) is 3.52. The van der Waals surface area contributed by atoms with Gasteiger partial charge in [-0.2, -0.15) is 0 Å². The number of aliphatic carboxylic acids is 1. The summed E-state index contributed by atoms with van der Waals surface area (Å²) in [5.74, 6) is -0.339. The maximum Gasteiger partial charge on any atom is 0.308 e. The van der Waals surface area contributed by atoms with Crippen LogP contribution in [0.15, 0.2) is 35.3 Å². The maximum absolute atomic E-state index is 11.1. The number of carboxylic acids is 1. The van der Waals surface area contributed by atoms with Gasteiger partial charge in [-0.05, 0) is 26.0 Å². The Hall–Kier alpha value is -1.49. The average Bonchev–Trinajstić information content (AvgIpc) is 2.81. The fraction of sp³-hybridized carbons (Fsp3) is 0.429. The average molecular weight is 278 g/mol. The molecule has 1 heterocycles. The van der Waals surface area contributed by atoms with Gasteiger partial charge in [0.1, 0.15) is 0 Å². The van der Waals surface area contributed by atoms with Gasteiger partial charge in [0.15, 0.2) is 5.17 Å². The third-order valence-corrected chi connectivity index (χ3v) is 4.41. The minimum atomic E-state index is -0.745. The van der Waals surface area contributed by atoms with Gasteiger partial charge in [0.2, 0.25) is 0 Å². The second-order valence-corrected chi connectivity index (χ2v) is 5.51. The Morgan fingerprint density at radius 3 is 2.79 bits per heavy atom. The number of nitrogens with zero attached hydrogens (tertiary/aromatic N) is 2. The molecule has 1 saturated heterocycles. The van der Waals surface area contributed by atoms with Gasteiger partial charge in [0.05, 0.1) is 17.6 Å². The Labute approximate surface area is 117 Å². The highest BCUT2D eigenvalue weighted by atomic mass is 32.2. The molecule has 1 N–H and O–H groups in total. The molecule has 1 aromatic carbocycles. The molecule has 2 atom stereocenters. The molecule has 0 bridgehead atoms. The van der Waals surface area contributed by atoms with Crippen molar-refractivity contribution in [2.75, 3.05) is 12.3 Å². The van der Waals surface area contributed by atoms with Gasteiger partial charge in [-0.3, -0.25) is 4.79 Å². The van der Waals surface area contributed by atoms with Gasteiger partial charge < -0.3 is 10.0 Å². The highest BCUT2D eigenvalue weighted by Gasteiger charge is 2.36. The third-order valence-electron chi connectivity index (χ3n) is 3.32. The Morgan fingerprint density at radius 1 is 1.53 bits per heavy atom.